The van der Waals surface area contributed by atoms with Crippen LogP contribution in [-0.2, 0) is 0 Å². The van der Waals surface area contributed by atoms with Crippen molar-refractivity contribution < 1.29 is 4.39 Å². The highest BCUT2D eigenvalue weighted by molar-refractivity contribution is 9.10. The van der Waals surface area contributed by atoms with Crippen molar-refractivity contribution in [1.29, 1.82) is 5.26 Å². The van der Waals surface area contributed by atoms with Gasteiger partial charge in [-0.05, 0) is 58.7 Å². The number of nitrogens with zero attached hydrogens (tertiary/aromatic N) is 1. The normalized spacial score (nSPS) is 10.1. The van der Waals surface area contributed by atoms with Crippen molar-refractivity contribution in [2.24, 2.45) is 0 Å². The molecule has 96 valence electrons. The van der Waals surface area contributed by atoms with Crippen LogP contribution in [0, 0.1) is 24.1 Å². The van der Waals surface area contributed by atoms with Crippen molar-refractivity contribution in [2.75, 3.05) is 5.32 Å². The number of rotatable bonds is 2. The fourth-order valence-corrected chi connectivity index (χ4v) is 2.18. The molecule has 2 nitrogen and oxygen atoms in total. The molecule has 0 aliphatic rings. The fraction of sp³-hybridized carbons (Fsp3) is 0.0714. The first-order chi connectivity index (χ1) is 9.01. The average molecular weight is 340 g/mol. The van der Waals surface area contributed by atoms with E-state index in [0.29, 0.717) is 20.7 Å². The molecular weight excluding hydrogens is 331 g/mol. The molecule has 0 heterocycles. The minimum atomic E-state index is -0.311. The molecule has 0 aliphatic heterocycles. The van der Waals surface area contributed by atoms with Crippen LogP contribution in [0.3, 0.4) is 0 Å². The number of hydrogen-bond acceptors (Lipinski definition) is 2. The summed E-state index contributed by atoms with van der Waals surface area (Å²) in [6.45, 7) is 1.80. The molecule has 2 aromatic carbocycles. The Labute approximate surface area is 123 Å². The second-order valence-corrected chi connectivity index (χ2v) is 5.27. The van der Waals surface area contributed by atoms with Crippen LogP contribution < -0.4 is 5.32 Å². The largest absolute Gasteiger partial charge is 0.354 e. The van der Waals surface area contributed by atoms with Crippen LogP contribution >= 0.6 is 27.5 Å². The Morgan fingerprint density at radius 1 is 1.26 bits per heavy atom. The first-order valence-electron chi connectivity index (χ1n) is 5.43. The molecule has 5 heteroatoms. The summed E-state index contributed by atoms with van der Waals surface area (Å²) >= 11 is 9.23. The van der Waals surface area contributed by atoms with E-state index in [1.807, 2.05) is 6.07 Å². The highest BCUT2D eigenvalue weighted by atomic mass is 79.9. The monoisotopic (exact) mass is 338 g/mol. The molecule has 0 saturated carbocycles. The van der Waals surface area contributed by atoms with Gasteiger partial charge in [0.15, 0.2) is 0 Å². The Bertz CT molecular complexity index is 680. The molecule has 0 bridgehead atoms. The summed E-state index contributed by atoms with van der Waals surface area (Å²) in [4.78, 5) is 0. The minimum absolute atomic E-state index is 0.311. The lowest BCUT2D eigenvalue weighted by Crippen LogP contribution is -1.95. The average Bonchev–Trinajstić information content (AvgIpc) is 2.38. The van der Waals surface area contributed by atoms with Gasteiger partial charge in [-0.25, -0.2) is 4.39 Å². The van der Waals surface area contributed by atoms with Crippen molar-refractivity contribution >= 4 is 38.9 Å². The molecule has 0 saturated heterocycles. The molecular formula is C14H9BrClFN2. The highest BCUT2D eigenvalue weighted by Gasteiger charge is 2.08. The molecule has 0 amide bonds. The first kappa shape index (κ1) is 13.9. The summed E-state index contributed by atoms with van der Waals surface area (Å²) in [6, 6.07) is 10.1. The lowest BCUT2D eigenvalue weighted by atomic mass is 10.1. The van der Waals surface area contributed by atoms with Crippen LogP contribution in [0.15, 0.2) is 34.8 Å². The van der Waals surface area contributed by atoms with E-state index in [0.717, 1.165) is 11.3 Å². The van der Waals surface area contributed by atoms with E-state index in [1.54, 1.807) is 31.2 Å². The van der Waals surface area contributed by atoms with Gasteiger partial charge >= 0.3 is 0 Å². The third kappa shape index (κ3) is 3.06. The number of benzene rings is 2. The molecule has 0 fully saturated rings. The number of aryl methyl sites for hydroxylation is 1. The van der Waals surface area contributed by atoms with E-state index in [-0.39, 0.29) is 5.82 Å². The van der Waals surface area contributed by atoms with Gasteiger partial charge < -0.3 is 5.32 Å². The van der Waals surface area contributed by atoms with Crippen molar-refractivity contribution in [1.82, 2.24) is 0 Å². The fourth-order valence-electron chi connectivity index (χ4n) is 1.61. The van der Waals surface area contributed by atoms with Gasteiger partial charge in [-0.1, -0.05) is 11.6 Å². The number of anilines is 2. The topological polar surface area (TPSA) is 35.8 Å². The van der Waals surface area contributed by atoms with Gasteiger partial charge in [-0.15, -0.1) is 0 Å². The van der Waals surface area contributed by atoms with Crippen LogP contribution in [0.5, 0.6) is 0 Å². The smallest absolute Gasteiger partial charge is 0.137 e. The zero-order valence-corrected chi connectivity index (χ0v) is 12.3. The lowest BCUT2D eigenvalue weighted by molar-refractivity contribution is 0.620. The van der Waals surface area contributed by atoms with Gasteiger partial charge in [-0.3, -0.25) is 0 Å². The zero-order valence-electron chi connectivity index (χ0n) is 9.97. The van der Waals surface area contributed by atoms with Crippen molar-refractivity contribution in [3.63, 3.8) is 0 Å². The second kappa shape index (κ2) is 5.60. The van der Waals surface area contributed by atoms with Crippen LogP contribution in [0.4, 0.5) is 15.8 Å². The van der Waals surface area contributed by atoms with Crippen LogP contribution in [0.1, 0.15) is 11.1 Å². The van der Waals surface area contributed by atoms with Crippen molar-refractivity contribution in [3.8, 4) is 6.07 Å². The van der Waals surface area contributed by atoms with Crippen molar-refractivity contribution in [2.45, 2.75) is 6.92 Å². The van der Waals surface area contributed by atoms with Gasteiger partial charge in [0, 0.05) is 5.69 Å². The van der Waals surface area contributed by atoms with E-state index in [9.17, 15) is 4.39 Å². The molecule has 0 unspecified atom stereocenters. The molecule has 0 radical (unpaired) electrons. The maximum absolute atomic E-state index is 13.3. The van der Waals surface area contributed by atoms with Gasteiger partial charge in [0.1, 0.15) is 5.82 Å². The maximum Gasteiger partial charge on any atom is 0.137 e. The molecule has 19 heavy (non-hydrogen) atoms. The summed E-state index contributed by atoms with van der Waals surface area (Å²) in [5.41, 5.74) is 2.68. The van der Waals surface area contributed by atoms with E-state index in [4.69, 9.17) is 16.9 Å². The predicted molar refractivity (Wildman–Crippen MR) is 78.3 cm³/mol. The molecule has 2 aromatic rings. The maximum atomic E-state index is 13.3. The Morgan fingerprint density at radius 3 is 2.63 bits per heavy atom. The van der Waals surface area contributed by atoms with E-state index >= 15 is 0 Å². The Kier molecular flexibility index (Phi) is 4.08. The Morgan fingerprint density at radius 2 is 2.00 bits per heavy atom. The molecule has 0 spiro atoms. The van der Waals surface area contributed by atoms with Gasteiger partial charge in [0.2, 0.25) is 0 Å². The lowest BCUT2D eigenvalue weighted by Gasteiger charge is -2.12. The van der Waals surface area contributed by atoms with Crippen LogP contribution in [-0.4, -0.2) is 0 Å². The first-order valence-corrected chi connectivity index (χ1v) is 6.60. The van der Waals surface area contributed by atoms with Crippen LogP contribution in [0.25, 0.3) is 0 Å². The molecule has 0 aliphatic carbocycles. The number of nitriles is 1. The second-order valence-electron chi connectivity index (χ2n) is 4.01. The molecule has 2 rings (SSSR count). The van der Waals surface area contributed by atoms with E-state index in [2.05, 4.69) is 21.2 Å². The summed E-state index contributed by atoms with van der Waals surface area (Å²) in [5, 5.41) is 12.3. The third-order valence-electron chi connectivity index (χ3n) is 2.63. The zero-order chi connectivity index (χ0) is 14.0. The summed E-state index contributed by atoms with van der Waals surface area (Å²) in [7, 11) is 0. The van der Waals surface area contributed by atoms with Crippen LogP contribution in [0.2, 0.25) is 5.02 Å². The molecule has 1 N–H and O–H groups in total. The predicted octanol–water partition coefficient (Wildman–Crippen LogP) is 5.17. The van der Waals surface area contributed by atoms with E-state index in [1.165, 1.54) is 6.07 Å². The van der Waals surface area contributed by atoms with Gasteiger partial charge in [-0.2, -0.15) is 5.26 Å². The standard InChI is InChI=1S/C14H9BrClFN2/c1-8-4-12(17)10(15)6-14(8)19-13-3-2-9(7-18)5-11(13)16/h2-6,19H,1H3. The quantitative estimate of drug-likeness (QED) is 0.819. The Balaban J connectivity index is 2.37. The highest BCUT2D eigenvalue weighted by Crippen LogP contribution is 2.30. The Hall–Kier alpha value is -1.57. The van der Waals surface area contributed by atoms with Gasteiger partial charge in [0.05, 0.1) is 26.8 Å². The molecule has 0 aromatic heterocycles. The van der Waals surface area contributed by atoms with E-state index < -0.39 is 0 Å². The summed E-state index contributed by atoms with van der Waals surface area (Å²) < 4.78 is 13.7. The number of nitrogens with one attached hydrogen (secondary N) is 1. The number of halogens is 3. The van der Waals surface area contributed by atoms with Gasteiger partial charge in [0.25, 0.3) is 0 Å². The SMILES string of the molecule is Cc1cc(F)c(Br)cc1Nc1ccc(C#N)cc1Cl. The summed E-state index contributed by atoms with van der Waals surface area (Å²) in [6.07, 6.45) is 0. The van der Waals surface area contributed by atoms with Crippen molar-refractivity contribution in [3.05, 3.63) is 56.8 Å². The minimum Gasteiger partial charge on any atom is -0.354 e. The number of hydrogen-bond donors (Lipinski definition) is 1. The third-order valence-corrected chi connectivity index (χ3v) is 3.56. The summed E-state index contributed by atoms with van der Waals surface area (Å²) in [5.74, 6) is -0.311. The molecule has 0 atom stereocenters.